The third-order valence-corrected chi connectivity index (χ3v) is 5.98. The predicted octanol–water partition coefficient (Wildman–Crippen LogP) is -2.88. The number of urea groups is 1. The number of fused-ring (bicyclic) bond motifs is 1. The zero-order valence-electron chi connectivity index (χ0n) is 13.5. The van der Waals surface area contributed by atoms with E-state index in [-0.39, 0.29) is 41.6 Å². The second-order valence-electron chi connectivity index (χ2n) is 6.27. The van der Waals surface area contributed by atoms with E-state index in [0.717, 1.165) is 25.7 Å². The molecule has 2 heterocycles. The molecule has 2 saturated heterocycles. The van der Waals surface area contributed by atoms with Crippen LogP contribution in [0.5, 0.6) is 0 Å². The molecule has 0 radical (unpaired) electrons. The fourth-order valence-electron chi connectivity index (χ4n) is 3.85. The maximum absolute atomic E-state index is 12.6. The van der Waals surface area contributed by atoms with Crippen molar-refractivity contribution in [2.75, 3.05) is 13.6 Å². The van der Waals surface area contributed by atoms with Crippen molar-refractivity contribution in [3.05, 3.63) is 0 Å². The number of hydrogen-bond acceptors (Lipinski definition) is 5. The summed E-state index contributed by atoms with van der Waals surface area (Å²) in [7, 11) is -3.04. The van der Waals surface area contributed by atoms with E-state index in [4.69, 9.17) is 0 Å². The van der Waals surface area contributed by atoms with Crippen LogP contribution in [0.4, 0.5) is 4.79 Å². The number of β-lactam (4-membered cyclic amide) rings is 1. The second kappa shape index (κ2) is 6.87. The van der Waals surface area contributed by atoms with Gasteiger partial charge in [-0.3, -0.25) is 4.79 Å². The van der Waals surface area contributed by atoms with Gasteiger partial charge in [-0.15, -0.1) is 0 Å². The molecular weight excluding hydrogens is 333 g/mol. The summed E-state index contributed by atoms with van der Waals surface area (Å²) in [5.74, 6) is -0.775. The summed E-state index contributed by atoms with van der Waals surface area (Å²) in [4.78, 5) is 27.6. The van der Waals surface area contributed by atoms with Crippen LogP contribution in [0.15, 0.2) is 0 Å². The first-order chi connectivity index (χ1) is 10.3. The fourth-order valence-corrected chi connectivity index (χ4v) is 4.73. The Labute approximate surface area is 158 Å². The smallest absolute Gasteiger partial charge is 0.731 e. The van der Waals surface area contributed by atoms with Crippen molar-refractivity contribution in [1.82, 2.24) is 14.1 Å². The molecule has 0 N–H and O–H groups in total. The molecule has 2 aliphatic heterocycles. The number of likely N-dealkylation sites (tertiary alicyclic amines) is 1. The summed E-state index contributed by atoms with van der Waals surface area (Å²) in [5.41, 5.74) is 0. The molecule has 0 aromatic rings. The third kappa shape index (κ3) is 3.26. The molecule has 3 fully saturated rings. The largest absolute Gasteiger partial charge is 1.00 e. The Morgan fingerprint density at radius 1 is 1.22 bits per heavy atom. The quantitative estimate of drug-likeness (QED) is 0.302. The van der Waals surface area contributed by atoms with E-state index in [0.29, 0.717) is 17.3 Å². The Bertz CT molecular complexity index is 592. The SMILES string of the molecule is CN(C(=O)N1CC[C@@H]2[C@H]1C(=O)N2S(=O)(=O)[O-])C1CCCCC1.[Na+]. The molecular formula is C13H20N3NaO5S. The first-order valence-electron chi connectivity index (χ1n) is 7.65. The molecule has 3 amide bonds. The first kappa shape index (κ1) is 19.0. The number of nitrogens with zero attached hydrogens (tertiary/aromatic N) is 3. The van der Waals surface area contributed by atoms with Gasteiger partial charge in [-0.1, -0.05) is 19.3 Å². The summed E-state index contributed by atoms with van der Waals surface area (Å²) < 4.78 is 33.6. The number of hydrogen-bond donors (Lipinski definition) is 0. The van der Waals surface area contributed by atoms with Gasteiger partial charge in [0.15, 0.2) is 10.3 Å². The fraction of sp³-hybridized carbons (Fsp3) is 0.846. The van der Waals surface area contributed by atoms with Crippen molar-refractivity contribution in [2.45, 2.75) is 56.7 Å². The predicted molar refractivity (Wildman–Crippen MR) is 75.5 cm³/mol. The topological polar surface area (TPSA) is 101 Å². The van der Waals surface area contributed by atoms with E-state index in [1.807, 2.05) is 0 Å². The van der Waals surface area contributed by atoms with Crippen LogP contribution in [0.1, 0.15) is 38.5 Å². The number of carbonyl (C=O) groups is 2. The van der Waals surface area contributed by atoms with E-state index in [1.54, 1.807) is 11.9 Å². The summed E-state index contributed by atoms with van der Waals surface area (Å²) in [6, 6.07) is -1.54. The van der Waals surface area contributed by atoms with Crippen LogP contribution in [0.3, 0.4) is 0 Å². The molecule has 1 saturated carbocycles. The van der Waals surface area contributed by atoms with Gasteiger partial charge < -0.3 is 14.4 Å². The Kier molecular flexibility index (Phi) is 5.67. The van der Waals surface area contributed by atoms with Crippen molar-refractivity contribution in [2.24, 2.45) is 0 Å². The van der Waals surface area contributed by atoms with E-state index in [9.17, 15) is 22.6 Å². The van der Waals surface area contributed by atoms with Crippen LogP contribution >= 0.6 is 0 Å². The maximum atomic E-state index is 12.6. The molecule has 0 aromatic carbocycles. The van der Waals surface area contributed by atoms with Crippen molar-refractivity contribution in [3.8, 4) is 0 Å². The molecule has 3 aliphatic rings. The van der Waals surface area contributed by atoms with Crippen LogP contribution in [-0.2, 0) is 15.1 Å². The molecule has 0 bridgehead atoms. The van der Waals surface area contributed by atoms with Gasteiger partial charge in [0.05, 0.1) is 6.04 Å². The third-order valence-electron chi connectivity index (χ3n) is 5.05. The Morgan fingerprint density at radius 3 is 2.39 bits per heavy atom. The van der Waals surface area contributed by atoms with Crippen LogP contribution < -0.4 is 29.6 Å². The number of carbonyl (C=O) groups excluding carboxylic acids is 2. The molecule has 10 heteroatoms. The van der Waals surface area contributed by atoms with Gasteiger partial charge in [0.25, 0.3) is 5.91 Å². The van der Waals surface area contributed by atoms with Crippen LogP contribution in [0, 0.1) is 0 Å². The Balaban J connectivity index is 0.00000192. The van der Waals surface area contributed by atoms with Gasteiger partial charge in [0.1, 0.15) is 6.04 Å². The number of rotatable bonds is 2. The van der Waals surface area contributed by atoms with Gasteiger partial charge in [0.2, 0.25) is 0 Å². The van der Waals surface area contributed by atoms with Gasteiger partial charge in [-0.05, 0) is 19.3 Å². The average Bonchev–Trinajstić information content (AvgIpc) is 2.83. The van der Waals surface area contributed by atoms with Crippen LogP contribution in [0.2, 0.25) is 0 Å². The van der Waals surface area contributed by atoms with E-state index < -0.39 is 28.3 Å². The summed E-state index contributed by atoms with van der Waals surface area (Å²) >= 11 is 0. The maximum Gasteiger partial charge on any atom is 1.00 e. The monoisotopic (exact) mass is 353 g/mol. The van der Waals surface area contributed by atoms with Gasteiger partial charge in [0, 0.05) is 19.6 Å². The summed E-state index contributed by atoms with van der Waals surface area (Å²) in [6.07, 6.45) is 5.62. The Hall–Kier alpha value is -0.350. The van der Waals surface area contributed by atoms with Gasteiger partial charge in [-0.25, -0.2) is 17.5 Å². The zero-order valence-corrected chi connectivity index (χ0v) is 16.3. The van der Waals surface area contributed by atoms with Crippen molar-refractivity contribution in [3.63, 3.8) is 0 Å². The molecule has 3 rings (SSSR count). The molecule has 124 valence electrons. The van der Waals surface area contributed by atoms with Gasteiger partial charge in [-0.2, -0.15) is 0 Å². The summed E-state index contributed by atoms with van der Waals surface area (Å²) in [6.45, 7) is 0.309. The van der Waals surface area contributed by atoms with E-state index in [2.05, 4.69) is 0 Å². The van der Waals surface area contributed by atoms with Crippen LogP contribution in [0.25, 0.3) is 0 Å². The van der Waals surface area contributed by atoms with Crippen molar-refractivity contribution in [1.29, 1.82) is 0 Å². The van der Waals surface area contributed by atoms with E-state index >= 15 is 0 Å². The minimum Gasteiger partial charge on any atom is -0.731 e. The molecule has 0 aromatic heterocycles. The Morgan fingerprint density at radius 2 is 1.83 bits per heavy atom. The standard InChI is InChI=1S/C13H21N3O5S.Na/c1-14(9-5-3-2-4-6-9)13(18)15-8-7-10-11(15)12(17)16(10)22(19,20)21;/h9-11H,2-8H2,1H3,(H,19,20,21);/q;+1/p-1/t10-,11+;/m1./s1. The van der Waals surface area contributed by atoms with Crippen molar-refractivity contribution < 1.29 is 52.1 Å². The molecule has 0 unspecified atom stereocenters. The summed E-state index contributed by atoms with van der Waals surface area (Å²) in [5, 5.41) is 0. The van der Waals surface area contributed by atoms with E-state index in [1.165, 1.54) is 11.3 Å². The van der Waals surface area contributed by atoms with Crippen molar-refractivity contribution >= 4 is 22.2 Å². The molecule has 2 atom stereocenters. The number of amides is 3. The minimum atomic E-state index is -4.78. The van der Waals surface area contributed by atoms with Crippen LogP contribution in [-0.4, -0.2) is 70.7 Å². The molecule has 8 nitrogen and oxygen atoms in total. The molecule has 23 heavy (non-hydrogen) atoms. The first-order valence-corrected chi connectivity index (χ1v) is 9.01. The molecule has 0 spiro atoms. The zero-order chi connectivity index (χ0) is 16.1. The van der Waals surface area contributed by atoms with Gasteiger partial charge >= 0.3 is 35.6 Å². The average molecular weight is 353 g/mol. The molecule has 1 aliphatic carbocycles. The second-order valence-corrected chi connectivity index (χ2v) is 7.52. The normalized spacial score (nSPS) is 28.0. The minimum absolute atomic E-state index is 0.